The number of carbonyl (C=O) groups excluding carboxylic acids is 1. The minimum Gasteiger partial charge on any atom is -0.462 e. The van der Waals surface area contributed by atoms with Crippen LogP contribution in [0.5, 0.6) is 0 Å². The minimum absolute atomic E-state index is 0.260. The van der Waals surface area contributed by atoms with E-state index in [4.69, 9.17) is 4.74 Å². The molecule has 0 radical (unpaired) electrons. The highest BCUT2D eigenvalue weighted by molar-refractivity contribution is 5.86. The molecule has 3 heteroatoms. The van der Waals surface area contributed by atoms with Crippen molar-refractivity contribution in [2.75, 3.05) is 19.7 Å². The van der Waals surface area contributed by atoms with Crippen LogP contribution in [0.2, 0.25) is 0 Å². The van der Waals surface area contributed by atoms with Crippen LogP contribution in [0.15, 0.2) is 12.2 Å². The summed E-state index contributed by atoms with van der Waals surface area (Å²) in [5, 5.41) is 0. The molecule has 0 aliphatic rings. The lowest BCUT2D eigenvalue weighted by atomic mass is 10.00. The fourth-order valence-electron chi connectivity index (χ4n) is 3.14. The maximum atomic E-state index is 11.3. The summed E-state index contributed by atoms with van der Waals surface area (Å²) in [6.07, 6.45) is 12.4. The van der Waals surface area contributed by atoms with Crippen LogP contribution in [0, 0.1) is 0 Å². The van der Waals surface area contributed by atoms with Gasteiger partial charge in [-0.15, -0.1) is 0 Å². The summed E-state index contributed by atoms with van der Waals surface area (Å²) in [6.45, 7) is 15.1. The lowest BCUT2D eigenvalue weighted by Gasteiger charge is -2.31. The van der Waals surface area contributed by atoms with Crippen LogP contribution in [0.4, 0.5) is 0 Å². The van der Waals surface area contributed by atoms with Crippen LogP contribution >= 0.6 is 0 Å². The van der Waals surface area contributed by atoms with E-state index in [-0.39, 0.29) is 5.97 Å². The summed E-state index contributed by atoms with van der Waals surface area (Å²) in [6, 6.07) is 0.731. The molecular weight excluding hydrogens is 298 g/mol. The van der Waals surface area contributed by atoms with Crippen molar-refractivity contribution in [3.8, 4) is 0 Å². The number of ether oxygens (including phenoxy) is 1. The molecule has 0 aromatic heterocycles. The van der Waals surface area contributed by atoms with Gasteiger partial charge in [0.25, 0.3) is 0 Å². The Balaban J connectivity index is 4.14. The van der Waals surface area contributed by atoms with Crippen molar-refractivity contribution in [2.24, 2.45) is 0 Å². The van der Waals surface area contributed by atoms with E-state index in [1.165, 1.54) is 64.5 Å². The van der Waals surface area contributed by atoms with Crippen LogP contribution < -0.4 is 0 Å². The molecule has 0 saturated carbocycles. The van der Waals surface area contributed by atoms with Crippen molar-refractivity contribution >= 4 is 5.97 Å². The van der Waals surface area contributed by atoms with Gasteiger partial charge in [0.1, 0.15) is 0 Å². The number of esters is 1. The molecule has 0 rings (SSSR count). The first-order valence-electron chi connectivity index (χ1n) is 10.1. The van der Waals surface area contributed by atoms with Gasteiger partial charge >= 0.3 is 5.97 Å². The third kappa shape index (κ3) is 11.7. The lowest BCUT2D eigenvalue weighted by molar-refractivity contribution is -0.139. The topological polar surface area (TPSA) is 29.5 Å². The molecule has 142 valence electrons. The van der Waals surface area contributed by atoms with Crippen LogP contribution in [0.1, 0.15) is 91.9 Å². The average molecular weight is 340 g/mol. The van der Waals surface area contributed by atoms with Crippen molar-refractivity contribution in [3.05, 3.63) is 12.2 Å². The monoisotopic (exact) mass is 339 g/mol. The van der Waals surface area contributed by atoms with Crippen LogP contribution in [-0.2, 0) is 9.53 Å². The van der Waals surface area contributed by atoms with Crippen molar-refractivity contribution in [2.45, 2.75) is 97.9 Å². The predicted molar refractivity (Wildman–Crippen MR) is 104 cm³/mol. The Hall–Kier alpha value is -0.830. The Morgan fingerprint density at radius 3 is 2.00 bits per heavy atom. The molecule has 1 atom stereocenters. The average Bonchev–Trinajstić information content (AvgIpc) is 2.55. The lowest BCUT2D eigenvalue weighted by Crippen LogP contribution is -2.36. The highest BCUT2D eigenvalue weighted by atomic mass is 16.5. The molecule has 0 N–H and O–H groups in total. The molecule has 0 aromatic carbocycles. The van der Waals surface area contributed by atoms with Gasteiger partial charge in [-0.05, 0) is 52.1 Å². The molecule has 0 spiro atoms. The Bertz CT molecular complexity index is 322. The fourth-order valence-corrected chi connectivity index (χ4v) is 3.14. The van der Waals surface area contributed by atoms with Gasteiger partial charge in [-0.2, -0.15) is 0 Å². The van der Waals surface area contributed by atoms with E-state index in [1.54, 1.807) is 6.92 Å². The molecule has 3 nitrogen and oxygen atoms in total. The van der Waals surface area contributed by atoms with Gasteiger partial charge < -0.3 is 9.64 Å². The van der Waals surface area contributed by atoms with E-state index in [1.807, 2.05) is 0 Å². The zero-order valence-electron chi connectivity index (χ0n) is 16.7. The molecule has 0 heterocycles. The Kier molecular flexibility index (Phi) is 15.1. The van der Waals surface area contributed by atoms with Crippen molar-refractivity contribution in [3.63, 3.8) is 0 Å². The normalized spacial score (nSPS) is 12.4. The Morgan fingerprint density at radius 1 is 0.917 bits per heavy atom. The molecule has 0 aromatic rings. The van der Waals surface area contributed by atoms with Gasteiger partial charge in [-0.25, -0.2) is 4.79 Å². The Morgan fingerprint density at radius 2 is 1.50 bits per heavy atom. The first kappa shape index (κ1) is 23.2. The molecule has 0 fully saturated rings. The smallest absolute Gasteiger partial charge is 0.333 e. The second-order valence-corrected chi connectivity index (χ2v) is 6.95. The number of unbranched alkanes of at least 4 members (excludes halogenated alkanes) is 4. The summed E-state index contributed by atoms with van der Waals surface area (Å²) in [4.78, 5) is 14.0. The number of hydrogen-bond donors (Lipinski definition) is 0. The standard InChI is InChI=1S/C21H41NO2/c1-6-9-11-14-20(22(16-7-2)17-8-3)15-12-10-13-18-24-21(23)19(4)5/h20H,4,6-18H2,1-3,5H3. The Labute approximate surface area is 150 Å². The molecule has 0 aliphatic heterocycles. The molecular formula is C21H41NO2. The quantitative estimate of drug-likeness (QED) is 0.204. The fraction of sp³-hybridized carbons (Fsp3) is 0.857. The maximum absolute atomic E-state index is 11.3. The van der Waals surface area contributed by atoms with Gasteiger partial charge in [0.2, 0.25) is 0 Å². The largest absolute Gasteiger partial charge is 0.462 e. The summed E-state index contributed by atoms with van der Waals surface area (Å²) < 4.78 is 5.17. The number of rotatable bonds is 16. The highest BCUT2D eigenvalue weighted by Gasteiger charge is 2.16. The summed E-state index contributed by atoms with van der Waals surface area (Å²) >= 11 is 0. The predicted octanol–water partition coefficient (Wildman–Crippen LogP) is 5.74. The van der Waals surface area contributed by atoms with Gasteiger partial charge in [0.15, 0.2) is 0 Å². The molecule has 24 heavy (non-hydrogen) atoms. The van der Waals surface area contributed by atoms with Crippen molar-refractivity contribution < 1.29 is 9.53 Å². The van der Waals surface area contributed by atoms with Crippen molar-refractivity contribution in [1.82, 2.24) is 4.90 Å². The third-order valence-corrected chi connectivity index (χ3v) is 4.44. The van der Waals surface area contributed by atoms with E-state index in [2.05, 4.69) is 32.3 Å². The third-order valence-electron chi connectivity index (χ3n) is 4.44. The molecule has 0 amide bonds. The molecule has 0 aliphatic carbocycles. The van der Waals surface area contributed by atoms with E-state index >= 15 is 0 Å². The maximum Gasteiger partial charge on any atom is 0.333 e. The van der Waals surface area contributed by atoms with Crippen molar-refractivity contribution in [1.29, 1.82) is 0 Å². The van der Waals surface area contributed by atoms with Gasteiger partial charge in [-0.1, -0.05) is 59.5 Å². The van der Waals surface area contributed by atoms with E-state index < -0.39 is 0 Å². The van der Waals surface area contributed by atoms with E-state index in [0.717, 1.165) is 18.9 Å². The number of carbonyl (C=O) groups is 1. The SMILES string of the molecule is C=C(C)C(=O)OCCCCCC(CCCCC)N(CCC)CCC. The van der Waals surface area contributed by atoms with Crippen LogP contribution in [0.3, 0.4) is 0 Å². The second kappa shape index (κ2) is 15.7. The van der Waals surface area contributed by atoms with Gasteiger partial charge in [-0.3, -0.25) is 0 Å². The minimum atomic E-state index is -0.260. The second-order valence-electron chi connectivity index (χ2n) is 6.95. The summed E-state index contributed by atoms with van der Waals surface area (Å²) in [7, 11) is 0. The van der Waals surface area contributed by atoms with Crippen LogP contribution in [-0.4, -0.2) is 36.6 Å². The number of nitrogens with zero attached hydrogens (tertiary/aromatic N) is 1. The van der Waals surface area contributed by atoms with E-state index in [9.17, 15) is 4.79 Å². The number of hydrogen-bond acceptors (Lipinski definition) is 3. The molecule has 0 saturated heterocycles. The zero-order valence-corrected chi connectivity index (χ0v) is 16.7. The molecule has 0 bridgehead atoms. The van der Waals surface area contributed by atoms with E-state index in [0.29, 0.717) is 12.2 Å². The zero-order chi connectivity index (χ0) is 18.2. The van der Waals surface area contributed by atoms with Gasteiger partial charge in [0.05, 0.1) is 6.61 Å². The summed E-state index contributed by atoms with van der Waals surface area (Å²) in [5.41, 5.74) is 0.487. The first-order chi connectivity index (χ1) is 11.6. The first-order valence-corrected chi connectivity index (χ1v) is 10.1. The molecule has 1 unspecified atom stereocenters. The van der Waals surface area contributed by atoms with Gasteiger partial charge in [0, 0.05) is 11.6 Å². The van der Waals surface area contributed by atoms with Crippen LogP contribution in [0.25, 0.3) is 0 Å². The summed E-state index contributed by atoms with van der Waals surface area (Å²) in [5.74, 6) is -0.260. The highest BCUT2D eigenvalue weighted by Crippen LogP contribution is 2.18.